The van der Waals surface area contributed by atoms with Gasteiger partial charge in [-0.2, -0.15) is 0 Å². The molecule has 11 heteroatoms. The van der Waals surface area contributed by atoms with Gasteiger partial charge in [-0.1, -0.05) is 11.3 Å². The summed E-state index contributed by atoms with van der Waals surface area (Å²) in [5.74, 6) is -3.41. The van der Waals surface area contributed by atoms with Crippen LogP contribution in [-0.4, -0.2) is 19.3 Å². The average Bonchev–Trinajstić information content (AvgIpc) is 2.98. The van der Waals surface area contributed by atoms with Gasteiger partial charge in [0.1, 0.15) is 10.7 Å². The van der Waals surface area contributed by atoms with E-state index >= 15 is 0 Å². The molecule has 1 amide bonds. The third-order valence-electron chi connectivity index (χ3n) is 3.53. The lowest BCUT2D eigenvalue weighted by atomic mass is 10.3. The molecule has 0 aliphatic rings. The largest absolute Gasteiger partial charge is 0.321 e. The van der Waals surface area contributed by atoms with E-state index in [1.54, 1.807) is 0 Å². The third-order valence-corrected chi connectivity index (χ3v) is 6.08. The number of hydrogen-bond donors (Lipinski definition) is 2. The Labute approximate surface area is 162 Å². The van der Waals surface area contributed by atoms with E-state index in [4.69, 9.17) is 0 Å². The van der Waals surface area contributed by atoms with Gasteiger partial charge >= 0.3 is 0 Å². The minimum absolute atomic E-state index is 0.0325. The summed E-state index contributed by atoms with van der Waals surface area (Å²) in [5.41, 5.74) is 0.270. The molecule has 6 nitrogen and oxygen atoms in total. The molecule has 2 aromatic carbocycles. The minimum atomic E-state index is -4.02. The highest BCUT2D eigenvalue weighted by molar-refractivity contribution is 7.93. The zero-order valence-corrected chi connectivity index (χ0v) is 15.8. The molecule has 0 spiro atoms. The van der Waals surface area contributed by atoms with E-state index in [9.17, 15) is 26.4 Å². The van der Waals surface area contributed by atoms with Gasteiger partial charge in [-0.3, -0.25) is 9.52 Å². The molecular weight excluding hydrogens is 415 g/mol. The second-order valence-electron chi connectivity index (χ2n) is 5.58. The van der Waals surface area contributed by atoms with Crippen LogP contribution in [0.4, 0.5) is 24.0 Å². The predicted molar refractivity (Wildman–Crippen MR) is 98.4 cm³/mol. The van der Waals surface area contributed by atoms with Gasteiger partial charge in [-0.25, -0.2) is 26.6 Å². The fourth-order valence-corrected chi connectivity index (χ4v) is 4.30. The number of carbonyl (C=O) groups excluding carboxylic acids is 1. The molecule has 0 aliphatic heterocycles. The number of nitrogens with one attached hydrogen (secondary N) is 2. The molecule has 3 rings (SSSR count). The van der Waals surface area contributed by atoms with Crippen molar-refractivity contribution in [2.75, 3.05) is 10.0 Å². The van der Waals surface area contributed by atoms with Gasteiger partial charge in [0.2, 0.25) is 0 Å². The number of thiazole rings is 1. The van der Waals surface area contributed by atoms with Crippen LogP contribution in [0.1, 0.15) is 15.4 Å². The fraction of sp³-hybridized carbons (Fsp3) is 0.0588. The highest BCUT2D eigenvalue weighted by Gasteiger charge is 2.20. The van der Waals surface area contributed by atoms with Gasteiger partial charge < -0.3 is 5.32 Å². The van der Waals surface area contributed by atoms with Crippen molar-refractivity contribution in [3.8, 4) is 0 Å². The van der Waals surface area contributed by atoms with Crippen molar-refractivity contribution >= 4 is 38.1 Å². The first-order chi connectivity index (χ1) is 13.2. The molecule has 0 atom stereocenters. The summed E-state index contributed by atoms with van der Waals surface area (Å²) in [7, 11) is -4.02. The van der Waals surface area contributed by atoms with Gasteiger partial charge in [-0.05, 0) is 43.3 Å². The standard InChI is InChI=1S/C17H12F3N3O3S2/c1-9-15(16(24)22-11-4-7-13(19)14(20)8-11)27-17(21-9)23-28(25,26)12-5-2-10(18)3-6-12/h2-8H,1H3,(H,21,23)(H,22,24). The van der Waals surface area contributed by atoms with Crippen molar-refractivity contribution in [1.29, 1.82) is 0 Å². The summed E-state index contributed by atoms with van der Waals surface area (Å²) in [6, 6.07) is 7.06. The molecule has 1 heterocycles. The third kappa shape index (κ3) is 4.31. The van der Waals surface area contributed by atoms with Crippen LogP contribution in [0.5, 0.6) is 0 Å². The van der Waals surface area contributed by atoms with Crippen LogP contribution in [0.25, 0.3) is 0 Å². The topological polar surface area (TPSA) is 88.2 Å². The minimum Gasteiger partial charge on any atom is -0.321 e. The smallest absolute Gasteiger partial charge is 0.267 e. The predicted octanol–water partition coefficient (Wildman–Crippen LogP) is 3.92. The first kappa shape index (κ1) is 19.8. The van der Waals surface area contributed by atoms with Gasteiger partial charge in [-0.15, -0.1) is 0 Å². The molecule has 2 N–H and O–H groups in total. The lowest BCUT2D eigenvalue weighted by Gasteiger charge is -2.05. The Bertz CT molecular complexity index is 1150. The molecule has 146 valence electrons. The van der Waals surface area contributed by atoms with Gasteiger partial charge in [0.15, 0.2) is 16.8 Å². The highest BCUT2D eigenvalue weighted by Crippen LogP contribution is 2.26. The monoisotopic (exact) mass is 427 g/mol. The quantitative estimate of drug-likeness (QED) is 0.646. The summed E-state index contributed by atoms with van der Waals surface area (Å²) >= 11 is 0.764. The van der Waals surface area contributed by atoms with Crippen LogP contribution < -0.4 is 10.0 Å². The first-order valence-corrected chi connectivity index (χ1v) is 9.98. The van der Waals surface area contributed by atoms with Crippen molar-refractivity contribution in [2.45, 2.75) is 11.8 Å². The Morgan fingerprint density at radius 3 is 2.36 bits per heavy atom. The number of halogens is 3. The van der Waals surface area contributed by atoms with E-state index in [1.165, 1.54) is 13.0 Å². The molecule has 0 radical (unpaired) electrons. The zero-order chi connectivity index (χ0) is 20.5. The molecule has 0 saturated carbocycles. The maximum absolute atomic E-state index is 13.3. The lowest BCUT2D eigenvalue weighted by Crippen LogP contribution is -2.12. The highest BCUT2D eigenvalue weighted by atomic mass is 32.2. The summed E-state index contributed by atoms with van der Waals surface area (Å²) in [4.78, 5) is 16.2. The molecule has 0 fully saturated rings. The van der Waals surface area contributed by atoms with E-state index in [-0.39, 0.29) is 26.3 Å². The Kier molecular flexibility index (Phi) is 5.38. The zero-order valence-electron chi connectivity index (χ0n) is 14.2. The molecule has 28 heavy (non-hydrogen) atoms. The fourth-order valence-electron chi connectivity index (χ4n) is 2.20. The Morgan fingerprint density at radius 2 is 1.71 bits per heavy atom. The van der Waals surface area contributed by atoms with E-state index in [1.807, 2.05) is 0 Å². The van der Waals surface area contributed by atoms with Crippen LogP contribution in [0.3, 0.4) is 0 Å². The van der Waals surface area contributed by atoms with Crippen LogP contribution in [0, 0.1) is 24.4 Å². The molecule has 0 bridgehead atoms. The molecular formula is C17H12F3N3O3S2. The number of benzene rings is 2. The SMILES string of the molecule is Cc1nc(NS(=O)(=O)c2ccc(F)cc2)sc1C(=O)Nc1ccc(F)c(F)c1. The molecule has 0 saturated heterocycles. The lowest BCUT2D eigenvalue weighted by molar-refractivity contribution is 0.102. The van der Waals surface area contributed by atoms with Crippen molar-refractivity contribution in [2.24, 2.45) is 0 Å². The van der Waals surface area contributed by atoms with Gasteiger partial charge in [0.25, 0.3) is 15.9 Å². The first-order valence-electron chi connectivity index (χ1n) is 7.68. The van der Waals surface area contributed by atoms with Gasteiger partial charge in [0.05, 0.1) is 10.6 Å². The van der Waals surface area contributed by atoms with Crippen molar-refractivity contribution in [3.63, 3.8) is 0 Å². The van der Waals surface area contributed by atoms with Crippen LogP contribution >= 0.6 is 11.3 Å². The maximum Gasteiger partial charge on any atom is 0.267 e. The second kappa shape index (κ2) is 7.60. The van der Waals surface area contributed by atoms with Crippen LogP contribution in [0.2, 0.25) is 0 Å². The summed E-state index contributed by atoms with van der Waals surface area (Å²) in [5, 5.41) is 2.32. The summed E-state index contributed by atoms with van der Waals surface area (Å²) < 4.78 is 66.0. The number of nitrogens with zero attached hydrogens (tertiary/aromatic N) is 1. The Morgan fingerprint density at radius 1 is 1.04 bits per heavy atom. The van der Waals surface area contributed by atoms with Crippen LogP contribution in [-0.2, 0) is 10.0 Å². The van der Waals surface area contributed by atoms with Crippen molar-refractivity contribution in [1.82, 2.24) is 4.98 Å². The summed E-state index contributed by atoms with van der Waals surface area (Å²) in [6.45, 7) is 1.49. The molecule has 1 aromatic heterocycles. The van der Waals surface area contributed by atoms with E-state index < -0.39 is 33.4 Å². The van der Waals surface area contributed by atoms with Gasteiger partial charge in [0, 0.05) is 11.8 Å². The number of aryl methyl sites for hydroxylation is 1. The van der Waals surface area contributed by atoms with Crippen LogP contribution in [0.15, 0.2) is 47.4 Å². The molecule has 0 aliphatic carbocycles. The summed E-state index contributed by atoms with van der Waals surface area (Å²) in [6.07, 6.45) is 0. The number of amides is 1. The number of anilines is 2. The molecule has 0 unspecified atom stereocenters. The normalized spacial score (nSPS) is 11.3. The molecule has 3 aromatic rings. The second-order valence-corrected chi connectivity index (χ2v) is 8.26. The van der Waals surface area contributed by atoms with E-state index in [2.05, 4.69) is 15.0 Å². The number of aromatic nitrogens is 1. The number of hydrogen-bond acceptors (Lipinski definition) is 5. The van der Waals surface area contributed by atoms with E-state index in [0.717, 1.165) is 47.7 Å². The number of rotatable bonds is 5. The van der Waals surface area contributed by atoms with Crippen molar-refractivity contribution in [3.05, 3.63) is 70.5 Å². The van der Waals surface area contributed by atoms with E-state index in [0.29, 0.717) is 0 Å². The Hall–Kier alpha value is -2.92. The number of carbonyl (C=O) groups is 1. The average molecular weight is 427 g/mol. The Balaban J connectivity index is 1.79. The number of sulfonamides is 1. The maximum atomic E-state index is 13.3. The van der Waals surface area contributed by atoms with Crippen molar-refractivity contribution < 1.29 is 26.4 Å².